The van der Waals surface area contributed by atoms with Crippen LogP contribution in [-0.2, 0) is 9.80 Å². The molecule has 1 N–H and O–H groups in total. The lowest BCUT2D eigenvalue weighted by Crippen LogP contribution is -1.98. The highest BCUT2D eigenvalue weighted by molar-refractivity contribution is 7.95. The molecule has 1 aromatic carbocycles. The molecule has 0 fully saturated rings. The van der Waals surface area contributed by atoms with Gasteiger partial charge in [0.1, 0.15) is 0 Å². The Hall–Kier alpha value is -0.510. The van der Waals surface area contributed by atoms with Crippen molar-refractivity contribution in [3.63, 3.8) is 0 Å². The number of halogens is 1. The zero-order valence-electron chi connectivity index (χ0n) is 6.53. The number of rotatable bonds is 1. The van der Waals surface area contributed by atoms with E-state index in [1.807, 2.05) is 0 Å². The molecule has 0 aromatic heterocycles. The summed E-state index contributed by atoms with van der Waals surface area (Å²) in [5.41, 5.74) is 0.664. The first-order valence-electron chi connectivity index (χ1n) is 3.29. The molecule has 1 aromatic rings. The average Bonchev–Trinajstić information content (AvgIpc) is 1.82. The Bertz CT molecular complexity index is 384. The second-order valence-electron chi connectivity index (χ2n) is 2.53. The van der Waals surface area contributed by atoms with Gasteiger partial charge in [0.05, 0.1) is 9.80 Å². The zero-order valence-corrected chi connectivity index (χ0v) is 8.10. The van der Waals surface area contributed by atoms with Gasteiger partial charge in [-0.05, 0) is 17.7 Å². The monoisotopic (exact) mass is 204 g/mol. The lowest BCUT2D eigenvalue weighted by Gasteiger charge is -1.96. The Morgan fingerprint density at radius 3 is 2.75 bits per heavy atom. The summed E-state index contributed by atoms with van der Waals surface area (Å²) in [5, 5.41) is 1.85. The summed E-state index contributed by atoms with van der Waals surface area (Å²) in [5.74, 6) is 0. The Balaban J connectivity index is 3.15. The molecule has 0 heterocycles. The first kappa shape index (κ1) is 9.58. The number of benzene rings is 1. The summed E-state index contributed by atoms with van der Waals surface area (Å²) in [6, 6.07) is 6.82. The van der Waals surface area contributed by atoms with Crippen LogP contribution >= 0.6 is 11.6 Å². The molecule has 12 heavy (non-hydrogen) atoms. The van der Waals surface area contributed by atoms with Gasteiger partial charge < -0.3 is 4.55 Å². The van der Waals surface area contributed by atoms with Crippen LogP contribution in [0.4, 0.5) is 0 Å². The summed E-state index contributed by atoms with van der Waals surface area (Å²) >= 11 is 5.68. The van der Waals surface area contributed by atoms with E-state index in [9.17, 15) is 4.21 Å². The Kier molecular flexibility index (Phi) is 2.77. The zero-order chi connectivity index (χ0) is 9.19. The normalized spacial score (nSPS) is 15.2. The lowest BCUT2D eigenvalue weighted by atomic mass is 10.2. The minimum absolute atomic E-state index is 0.562. The maximum atomic E-state index is 10.9. The fourth-order valence-corrected chi connectivity index (χ4v) is 1.68. The van der Waals surface area contributed by atoms with Crippen molar-refractivity contribution in [1.82, 2.24) is 0 Å². The molecule has 0 amide bonds. The van der Waals surface area contributed by atoms with E-state index in [1.165, 1.54) is 11.6 Å². The third-order valence-corrected chi connectivity index (χ3v) is 2.15. The molecule has 1 rings (SSSR count). The van der Waals surface area contributed by atoms with Crippen molar-refractivity contribution in [1.29, 1.82) is 0 Å². The third kappa shape index (κ3) is 3.26. The lowest BCUT2D eigenvalue weighted by molar-refractivity contribution is 0.566. The molecule has 0 bridgehead atoms. The highest BCUT2D eigenvalue weighted by atomic mass is 35.5. The maximum Gasteiger partial charge on any atom is 0.0791 e. The Morgan fingerprint density at radius 2 is 2.25 bits per heavy atom. The van der Waals surface area contributed by atoms with Crippen LogP contribution in [0.1, 0.15) is 5.56 Å². The predicted molar refractivity (Wildman–Crippen MR) is 53.3 cm³/mol. The van der Waals surface area contributed by atoms with E-state index in [-0.39, 0.29) is 0 Å². The fraction of sp³-hybridized carbons (Fsp3) is 0.125. The van der Waals surface area contributed by atoms with Gasteiger partial charge in [0.2, 0.25) is 0 Å². The van der Waals surface area contributed by atoms with Crippen molar-refractivity contribution in [3.05, 3.63) is 34.9 Å². The van der Waals surface area contributed by atoms with Crippen molar-refractivity contribution in [2.45, 2.75) is 0 Å². The smallest absolute Gasteiger partial charge is 0.0791 e. The molecule has 1 unspecified atom stereocenters. The van der Waals surface area contributed by atoms with E-state index in [4.69, 9.17) is 16.2 Å². The fourth-order valence-electron chi connectivity index (χ4n) is 0.832. The molecular weight excluding hydrogens is 196 g/mol. The Morgan fingerprint density at radius 1 is 1.58 bits per heavy atom. The van der Waals surface area contributed by atoms with Gasteiger partial charge in [0.25, 0.3) is 0 Å². The molecule has 0 saturated carbocycles. The Labute approximate surface area is 77.0 Å². The second-order valence-corrected chi connectivity index (χ2v) is 4.93. The van der Waals surface area contributed by atoms with Crippen LogP contribution in [0, 0.1) is 0 Å². The van der Waals surface area contributed by atoms with Gasteiger partial charge in [-0.3, -0.25) is 0 Å². The first-order chi connectivity index (χ1) is 5.47. The van der Waals surface area contributed by atoms with E-state index in [0.717, 1.165) is 0 Å². The molecule has 4 heteroatoms. The number of hydrogen-bond donors (Lipinski definition) is 1. The van der Waals surface area contributed by atoms with Crippen molar-refractivity contribution < 1.29 is 8.76 Å². The van der Waals surface area contributed by atoms with Gasteiger partial charge in [0, 0.05) is 16.6 Å². The summed E-state index contributed by atoms with van der Waals surface area (Å²) in [7, 11) is -2.83. The molecule has 0 radical (unpaired) electrons. The summed E-state index contributed by atoms with van der Waals surface area (Å²) < 4.78 is 19.9. The first-order valence-corrected chi connectivity index (χ1v) is 5.66. The van der Waals surface area contributed by atoms with Crippen molar-refractivity contribution in [2.75, 3.05) is 6.26 Å². The summed E-state index contributed by atoms with van der Waals surface area (Å²) in [6.07, 6.45) is 1.26. The average molecular weight is 205 g/mol. The maximum absolute atomic E-state index is 10.9. The van der Waals surface area contributed by atoms with Crippen LogP contribution in [-0.4, -0.2) is 20.4 Å². The SMILES string of the molecule is CS(=O)(O)=Cc1cccc(Cl)c1. The van der Waals surface area contributed by atoms with E-state index in [2.05, 4.69) is 0 Å². The van der Waals surface area contributed by atoms with E-state index in [0.29, 0.717) is 10.6 Å². The highest BCUT2D eigenvalue weighted by Crippen LogP contribution is 2.09. The predicted octanol–water partition coefficient (Wildman–Crippen LogP) is 1.88. The molecule has 0 aliphatic rings. The summed E-state index contributed by atoms with van der Waals surface area (Å²) in [6.45, 7) is 0. The van der Waals surface area contributed by atoms with Gasteiger partial charge in [-0.2, -0.15) is 0 Å². The van der Waals surface area contributed by atoms with E-state index < -0.39 is 9.80 Å². The molecule has 0 aliphatic heterocycles. The van der Waals surface area contributed by atoms with Crippen LogP contribution in [0.2, 0.25) is 5.02 Å². The van der Waals surface area contributed by atoms with Gasteiger partial charge in [0.15, 0.2) is 0 Å². The number of hydrogen-bond acceptors (Lipinski definition) is 1. The molecule has 66 valence electrons. The van der Waals surface area contributed by atoms with Crippen LogP contribution in [0.5, 0.6) is 0 Å². The van der Waals surface area contributed by atoms with Gasteiger partial charge in [-0.15, -0.1) is 0 Å². The van der Waals surface area contributed by atoms with Gasteiger partial charge in [-0.1, -0.05) is 23.7 Å². The minimum atomic E-state index is -2.83. The molecule has 0 spiro atoms. The van der Waals surface area contributed by atoms with Gasteiger partial charge in [-0.25, -0.2) is 4.21 Å². The van der Waals surface area contributed by atoms with Crippen molar-refractivity contribution >= 4 is 26.8 Å². The van der Waals surface area contributed by atoms with Crippen LogP contribution in [0.3, 0.4) is 0 Å². The summed E-state index contributed by atoms with van der Waals surface area (Å²) in [4.78, 5) is 0. The van der Waals surface area contributed by atoms with Crippen LogP contribution < -0.4 is 0 Å². The topological polar surface area (TPSA) is 37.3 Å². The van der Waals surface area contributed by atoms with Crippen LogP contribution in [0.25, 0.3) is 0 Å². The van der Waals surface area contributed by atoms with Gasteiger partial charge >= 0.3 is 0 Å². The molecule has 0 saturated heterocycles. The standard InChI is InChI=1S/C8H9ClO2S/c1-12(10,11)6-7-3-2-4-8(9)5-7/h2-6H,1H3,(H,10,11). The van der Waals surface area contributed by atoms with E-state index in [1.54, 1.807) is 24.3 Å². The second kappa shape index (κ2) is 3.47. The molecule has 0 aliphatic carbocycles. The molecule has 2 nitrogen and oxygen atoms in total. The highest BCUT2D eigenvalue weighted by Gasteiger charge is 1.93. The molecular formula is C8H9ClO2S. The quantitative estimate of drug-likeness (QED) is 0.710. The largest absolute Gasteiger partial charge is 0.314 e. The van der Waals surface area contributed by atoms with E-state index >= 15 is 0 Å². The van der Waals surface area contributed by atoms with Crippen molar-refractivity contribution in [2.24, 2.45) is 0 Å². The molecule has 1 atom stereocenters. The van der Waals surface area contributed by atoms with Crippen LogP contribution in [0.15, 0.2) is 24.3 Å². The van der Waals surface area contributed by atoms with Crippen molar-refractivity contribution in [3.8, 4) is 0 Å². The minimum Gasteiger partial charge on any atom is -0.314 e. The third-order valence-electron chi connectivity index (χ3n) is 1.20.